The number of likely N-dealkylation sites (N-methyl/N-ethyl adjacent to an activating group) is 1. The van der Waals surface area contributed by atoms with Crippen molar-refractivity contribution < 1.29 is 4.79 Å². The third-order valence-corrected chi connectivity index (χ3v) is 3.68. The Hall–Kier alpha value is -0.610. The fraction of sp³-hybridized carbons (Fsp3) is 0.933. The van der Waals surface area contributed by atoms with Crippen LogP contribution in [0.5, 0.6) is 0 Å². The second-order valence-electron chi connectivity index (χ2n) is 7.28. The van der Waals surface area contributed by atoms with E-state index < -0.39 is 0 Å². The molecule has 2 N–H and O–H groups in total. The summed E-state index contributed by atoms with van der Waals surface area (Å²) < 4.78 is 0. The van der Waals surface area contributed by atoms with Crippen LogP contribution in [0.3, 0.4) is 0 Å². The first-order chi connectivity index (χ1) is 8.69. The predicted octanol–water partition coefficient (Wildman–Crippen LogP) is 1.69. The number of hydrogen-bond donors (Lipinski definition) is 1. The smallest absolute Gasteiger partial charge is 0.224 e. The molecule has 0 saturated carbocycles. The van der Waals surface area contributed by atoms with Crippen LogP contribution in [0.1, 0.15) is 47.0 Å². The maximum Gasteiger partial charge on any atom is 0.224 e. The molecule has 4 heteroatoms. The maximum absolute atomic E-state index is 12.4. The highest BCUT2D eigenvalue weighted by Crippen LogP contribution is 2.22. The fourth-order valence-corrected chi connectivity index (χ4v) is 2.94. The number of carbonyl (C=O) groups excluding carboxylic acids is 1. The van der Waals surface area contributed by atoms with E-state index in [0.29, 0.717) is 12.5 Å². The molecule has 2 unspecified atom stereocenters. The Morgan fingerprint density at radius 2 is 2.00 bits per heavy atom. The molecule has 4 nitrogen and oxygen atoms in total. The molecule has 0 aliphatic carbocycles. The molecule has 0 bridgehead atoms. The van der Waals surface area contributed by atoms with Gasteiger partial charge >= 0.3 is 0 Å². The van der Waals surface area contributed by atoms with E-state index in [1.807, 2.05) is 4.90 Å². The Morgan fingerprint density at radius 1 is 1.37 bits per heavy atom. The lowest BCUT2D eigenvalue weighted by Gasteiger charge is -2.30. The van der Waals surface area contributed by atoms with Crippen molar-refractivity contribution in [2.24, 2.45) is 11.1 Å². The van der Waals surface area contributed by atoms with Gasteiger partial charge in [0.15, 0.2) is 0 Å². The highest BCUT2D eigenvalue weighted by atomic mass is 16.2. The van der Waals surface area contributed by atoms with Crippen molar-refractivity contribution in [2.45, 2.75) is 59.0 Å². The van der Waals surface area contributed by atoms with Crippen molar-refractivity contribution in [1.82, 2.24) is 9.80 Å². The molecule has 1 amide bonds. The van der Waals surface area contributed by atoms with Crippen molar-refractivity contribution in [2.75, 3.05) is 26.7 Å². The van der Waals surface area contributed by atoms with Gasteiger partial charge in [0.25, 0.3) is 0 Å². The van der Waals surface area contributed by atoms with Gasteiger partial charge in [-0.15, -0.1) is 0 Å². The SMILES string of the molecule is CC1CN(C)CCCN1C(=O)CC(N)CC(C)(C)C. The van der Waals surface area contributed by atoms with Crippen LogP contribution in [0.2, 0.25) is 0 Å². The van der Waals surface area contributed by atoms with E-state index in [2.05, 4.69) is 39.6 Å². The van der Waals surface area contributed by atoms with E-state index in [0.717, 1.165) is 32.5 Å². The third kappa shape index (κ3) is 5.91. The second kappa shape index (κ2) is 6.71. The fourth-order valence-electron chi connectivity index (χ4n) is 2.94. The van der Waals surface area contributed by atoms with Crippen LogP contribution in [0.15, 0.2) is 0 Å². The predicted molar refractivity (Wildman–Crippen MR) is 80.0 cm³/mol. The van der Waals surface area contributed by atoms with Crippen LogP contribution in [-0.4, -0.2) is 54.5 Å². The van der Waals surface area contributed by atoms with Gasteiger partial charge in [-0.05, 0) is 38.8 Å². The number of nitrogens with two attached hydrogens (primary N) is 1. The molecule has 1 rings (SSSR count). The largest absolute Gasteiger partial charge is 0.339 e. The minimum Gasteiger partial charge on any atom is -0.339 e. The molecular formula is C15H31N3O. The molecule has 0 aromatic carbocycles. The van der Waals surface area contributed by atoms with Crippen LogP contribution < -0.4 is 5.73 Å². The van der Waals surface area contributed by atoms with Crippen molar-refractivity contribution >= 4 is 5.91 Å². The van der Waals surface area contributed by atoms with Crippen molar-refractivity contribution in [3.05, 3.63) is 0 Å². The summed E-state index contributed by atoms with van der Waals surface area (Å²) in [6, 6.07) is 0.266. The average molecular weight is 269 g/mol. The molecule has 0 radical (unpaired) electrons. The maximum atomic E-state index is 12.4. The zero-order valence-corrected chi connectivity index (χ0v) is 13.3. The molecule has 1 fully saturated rings. The van der Waals surface area contributed by atoms with Crippen LogP contribution in [0.25, 0.3) is 0 Å². The minimum atomic E-state index is -0.0271. The molecular weight excluding hydrogens is 238 g/mol. The van der Waals surface area contributed by atoms with Gasteiger partial charge in [-0.3, -0.25) is 4.79 Å². The number of hydrogen-bond acceptors (Lipinski definition) is 3. The average Bonchev–Trinajstić information content (AvgIpc) is 2.35. The molecule has 112 valence electrons. The van der Waals surface area contributed by atoms with Crippen LogP contribution >= 0.6 is 0 Å². The highest BCUT2D eigenvalue weighted by molar-refractivity contribution is 5.77. The minimum absolute atomic E-state index is 0.0271. The van der Waals surface area contributed by atoms with Crippen LogP contribution in [-0.2, 0) is 4.79 Å². The first-order valence-corrected chi connectivity index (χ1v) is 7.42. The molecule has 19 heavy (non-hydrogen) atoms. The molecule has 0 aromatic heterocycles. The van der Waals surface area contributed by atoms with E-state index in [1.54, 1.807) is 0 Å². The molecule has 1 aliphatic heterocycles. The number of rotatable bonds is 3. The van der Waals surface area contributed by atoms with Crippen molar-refractivity contribution in [1.29, 1.82) is 0 Å². The highest BCUT2D eigenvalue weighted by Gasteiger charge is 2.26. The van der Waals surface area contributed by atoms with Gasteiger partial charge in [0.05, 0.1) is 0 Å². The Labute approximate surface area is 118 Å². The standard InChI is InChI=1S/C15H31N3O/c1-12-11-17(5)7-6-8-18(12)14(19)9-13(16)10-15(2,3)4/h12-13H,6-11,16H2,1-5H3. The molecule has 1 heterocycles. The summed E-state index contributed by atoms with van der Waals surface area (Å²) >= 11 is 0. The Morgan fingerprint density at radius 3 is 2.58 bits per heavy atom. The molecule has 0 spiro atoms. The lowest BCUT2D eigenvalue weighted by molar-refractivity contribution is -0.133. The first-order valence-electron chi connectivity index (χ1n) is 7.42. The summed E-state index contributed by atoms with van der Waals surface area (Å²) in [7, 11) is 2.12. The summed E-state index contributed by atoms with van der Waals surface area (Å²) in [5.41, 5.74) is 6.31. The number of nitrogens with zero attached hydrogens (tertiary/aromatic N) is 2. The Kier molecular flexibility index (Phi) is 5.81. The third-order valence-electron chi connectivity index (χ3n) is 3.68. The summed E-state index contributed by atoms with van der Waals surface area (Å²) in [6.45, 7) is 11.5. The normalized spacial score (nSPS) is 24.1. The van der Waals surface area contributed by atoms with Gasteiger partial charge in [-0.25, -0.2) is 0 Å². The van der Waals surface area contributed by atoms with Crippen molar-refractivity contribution in [3.8, 4) is 0 Å². The van der Waals surface area contributed by atoms with Gasteiger partial charge in [0, 0.05) is 31.6 Å². The second-order valence-corrected chi connectivity index (χ2v) is 7.28. The summed E-state index contributed by atoms with van der Waals surface area (Å²) in [6.07, 6.45) is 2.42. The molecule has 1 saturated heterocycles. The Balaban J connectivity index is 2.52. The van der Waals surface area contributed by atoms with Gasteiger partial charge < -0.3 is 15.5 Å². The zero-order chi connectivity index (χ0) is 14.6. The van der Waals surface area contributed by atoms with E-state index >= 15 is 0 Å². The zero-order valence-electron chi connectivity index (χ0n) is 13.3. The van der Waals surface area contributed by atoms with Crippen LogP contribution in [0, 0.1) is 5.41 Å². The quantitative estimate of drug-likeness (QED) is 0.848. The van der Waals surface area contributed by atoms with E-state index in [9.17, 15) is 4.79 Å². The summed E-state index contributed by atoms with van der Waals surface area (Å²) in [5.74, 6) is 0.222. The molecule has 1 aliphatic rings. The van der Waals surface area contributed by atoms with E-state index in [4.69, 9.17) is 5.73 Å². The first kappa shape index (κ1) is 16.4. The van der Waals surface area contributed by atoms with Crippen LogP contribution in [0.4, 0.5) is 0 Å². The van der Waals surface area contributed by atoms with Crippen molar-refractivity contribution in [3.63, 3.8) is 0 Å². The Bertz CT molecular complexity index is 298. The van der Waals surface area contributed by atoms with Gasteiger partial charge in [-0.2, -0.15) is 0 Å². The lowest BCUT2D eigenvalue weighted by atomic mass is 9.87. The summed E-state index contributed by atoms with van der Waals surface area (Å²) in [5, 5.41) is 0. The topological polar surface area (TPSA) is 49.6 Å². The number of carbonyl (C=O) groups is 1. The van der Waals surface area contributed by atoms with Gasteiger partial charge in [0.2, 0.25) is 5.91 Å². The lowest BCUT2D eigenvalue weighted by Crippen LogP contribution is -2.44. The molecule has 0 aromatic rings. The van der Waals surface area contributed by atoms with Gasteiger partial charge in [0.1, 0.15) is 0 Å². The summed E-state index contributed by atoms with van der Waals surface area (Å²) in [4.78, 5) is 16.7. The van der Waals surface area contributed by atoms with Gasteiger partial charge in [-0.1, -0.05) is 20.8 Å². The monoisotopic (exact) mass is 269 g/mol. The van der Waals surface area contributed by atoms with E-state index in [-0.39, 0.29) is 17.4 Å². The van der Waals surface area contributed by atoms with E-state index in [1.165, 1.54) is 0 Å². The number of amides is 1. The molecule has 2 atom stereocenters.